The minimum Gasteiger partial charge on any atom is -0.504 e. The smallest absolute Gasteiger partial charge is 0.331 e. The van der Waals surface area contributed by atoms with Crippen molar-refractivity contribution in [2.75, 3.05) is 7.11 Å². The summed E-state index contributed by atoms with van der Waals surface area (Å²) in [4.78, 5) is 11.7. The summed E-state index contributed by atoms with van der Waals surface area (Å²) >= 11 is 0. The number of ether oxygens (including phenoxy) is 2. The zero-order valence-electron chi connectivity index (χ0n) is 13.0. The molecule has 0 radical (unpaired) electrons. The van der Waals surface area contributed by atoms with E-state index in [1.54, 1.807) is 22.9 Å². The number of rotatable bonds is 7. The Morgan fingerprint density at radius 1 is 1.43 bits per heavy atom. The summed E-state index contributed by atoms with van der Waals surface area (Å²) in [5, 5.41) is 20.7. The Balaban J connectivity index is 1.92. The van der Waals surface area contributed by atoms with Crippen LogP contribution in [0.5, 0.6) is 11.5 Å². The van der Waals surface area contributed by atoms with Gasteiger partial charge in [0.05, 0.1) is 7.11 Å². The summed E-state index contributed by atoms with van der Waals surface area (Å²) in [6.07, 6.45) is 3.74. The monoisotopic (exact) mass is 318 g/mol. The lowest BCUT2D eigenvalue weighted by molar-refractivity contribution is -0.139. The van der Waals surface area contributed by atoms with E-state index in [1.165, 1.54) is 19.3 Å². The van der Waals surface area contributed by atoms with E-state index in [0.29, 0.717) is 23.7 Å². The highest BCUT2D eigenvalue weighted by Crippen LogP contribution is 2.26. The number of aromatic hydroxyl groups is 1. The van der Waals surface area contributed by atoms with Crippen molar-refractivity contribution in [3.63, 3.8) is 0 Å². The van der Waals surface area contributed by atoms with Gasteiger partial charge in [-0.05, 0) is 40.6 Å². The molecule has 0 saturated carbocycles. The Morgan fingerprint density at radius 3 is 3.00 bits per heavy atom. The van der Waals surface area contributed by atoms with Crippen LogP contribution in [-0.2, 0) is 22.7 Å². The molecule has 1 aromatic carbocycles. The SMILES string of the molecule is CCCn1nnnc1COC(=O)/C=C/c1ccc(O)c(OC)c1. The van der Waals surface area contributed by atoms with Gasteiger partial charge in [0.2, 0.25) is 0 Å². The lowest BCUT2D eigenvalue weighted by atomic mass is 10.2. The number of benzene rings is 1. The summed E-state index contributed by atoms with van der Waals surface area (Å²) in [5.41, 5.74) is 0.701. The minimum absolute atomic E-state index is 0.00900. The molecule has 0 spiro atoms. The van der Waals surface area contributed by atoms with Gasteiger partial charge in [-0.25, -0.2) is 9.48 Å². The van der Waals surface area contributed by atoms with Crippen LogP contribution in [0.4, 0.5) is 0 Å². The molecule has 0 atom stereocenters. The van der Waals surface area contributed by atoms with E-state index in [9.17, 15) is 9.90 Å². The van der Waals surface area contributed by atoms with Crippen LogP contribution in [0.1, 0.15) is 24.7 Å². The molecule has 122 valence electrons. The Labute approximate surface area is 133 Å². The number of tetrazole rings is 1. The Kier molecular flexibility index (Phi) is 5.67. The predicted molar refractivity (Wildman–Crippen MR) is 81.6 cm³/mol. The van der Waals surface area contributed by atoms with Gasteiger partial charge in [-0.2, -0.15) is 0 Å². The third-order valence-corrected chi connectivity index (χ3v) is 3.00. The van der Waals surface area contributed by atoms with Crippen LogP contribution >= 0.6 is 0 Å². The maximum absolute atomic E-state index is 11.7. The fraction of sp³-hybridized carbons (Fsp3) is 0.333. The second kappa shape index (κ2) is 7.92. The number of phenolic OH excluding ortho intramolecular Hbond substituents is 1. The molecule has 0 fully saturated rings. The first kappa shape index (κ1) is 16.5. The number of carbonyl (C=O) groups excluding carboxylic acids is 1. The summed E-state index contributed by atoms with van der Waals surface area (Å²) in [6.45, 7) is 2.68. The number of nitrogens with zero attached hydrogens (tertiary/aromatic N) is 4. The van der Waals surface area contributed by atoms with E-state index >= 15 is 0 Å². The maximum atomic E-state index is 11.7. The second-order valence-electron chi connectivity index (χ2n) is 4.69. The molecule has 1 heterocycles. The standard InChI is InChI=1S/C15H18N4O4/c1-3-8-19-14(16-17-18-19)10-23-15(21)7-5-11-4-6-12(20)13(9-11)22-2/h4-7,9,20H,3,8,10H2,1-2H3/b7-5+. The van der Waals surface area contributed by atoms with E-state index in [0.717, 1.165) is 6.42 Å². The van der Waals surface area contributed by atoms with Gasteiger partial charge in [0.15, 0.2) is 23.9 Å². The number of hydrogen-bond acceptors (Lipinski definition) is 7. The fourth-order valence-electron chi connectivity index (χ4n) is 1.86. The number of aromatic nitrogens is 4. The first-order valence-corrected chi connectivity index (χ1v) is 7.11. The first-order chi connectivity index (χ1) is 11.1. The molecule has 0 aliphatic rings. The van der Waals surface area contributed by atoms with Crippen LogP contribution in [0.2, 0.25) is 0 Å². The first-order valence-electron chi connectivity index (χ1n) is 7.11. The van der Waals surface area contributed by atoms with Crippen LogP contribution in [0.15, 0.2) is 24.3 Å². The third kappa shape index (κ3) is 4.53. The molecule has 0 amide bonds. The van der Waals surface area contributed by atoms with Crippen molar-refractivity contribution >= 4 is 12.0 Å². The average molecular weight is 318 g/mol. The summed E-state index contributed by atoms with van der Waals surface area (Å²) in [7, 11) is 1.46. The Hall–Kier alpha value is -2.90. The molecule has 2 aromatic rings. The zero-order valence-corrected chi connectivity index (χ0v) is 13.0. The largest absolute Gasteiger partial charge is 0.504 e. The maximum Gasteiger partial charge on any atom is 0.331 e. The molecule has 0 unspecified atom stereocenters. The van der Waals surface area contributed by atoms with Crippen LogP contribution in [0, 0.1) is 0 Å². The van der Waals surface area contributed by atoms with Crippen molar-refractivity contribution in [1.82, 2.24) is 20.2 Å². The van der Waals surface area contributed by atoms with Gasteiger partial charge < -0.3 is 14.6 Å². The lowest BCUT2D eigenvalue weighted by Gasteiger charge is -2.04. The van der Waals surface area contributed by atoms with E-state index in [2.05, 4.69) is 15.5 Å². The molecule has 1 N–H and O–H groups in total. The zero-order chi connectivity index (χ0) is 16.7. The molecule has 0 bridgehead atoms. The molecule has 23 heavy (non-hydrogen) atoms. The van der Waals surface area contributed by atoms with Crippen LogP contribution < -0.4 is 4.74 Å². The average Bonchev–Trinajstić information content (AvgIpc) is 2.99. The van der Waals surface area contributed by atoms with E-state index in [1.807, 2.05) is 6.92 Å². The van der Waals surface area contributed by atoms with Crippen molar-refractivity contribution < 1.29 is 19.4 Å². The third-order valence-electron chi connectivity index (χ3n) is 3.00. The van der Waals surface area contributed by atoms with Gasteiger partial charge in [-0.15, -0.1) is 5.10 Å². The number of hydrogen-bond donors (Lipinski definition) is 1. The van der Waals surface area contributed by atoms with E-state index < -0.39 is 5.97 Å². The van der Waals surface area contributed by atoms with Gasteiger partial charge in [0.25, 0.3) is 0 Å². The number of carbonyl (C=O) groups is 1. The van der Waals surface area contributed by atoms with Crippen molar-refractivity contribution in [3.05, 3.63) is 35.7 Å². The molecule has 8 heteroatoms. The van der Waals surface area contributed by atoms with Crippen molar-refractivity contribution in [2.24, 2.45) is 0 Å². The van der Waals surface area contributed by atoms with Gasteiger partial charge in [0.1, 0.15) is 0 Å². The van der Waals surface area contributed by atoms with Gasteiger partial charge in [0, 0.05) is 12.6 Å². The summed E-state index contributed by atoms with van der Waals surface area (Å²) < 4.78 is 11.7. The molecule has 0 aliphatic heterocycles. The highest BCUT2D eigenvalue weighted by molar-refractivity contribution is 5.87. The van der Waals surface area contributed by atoms with E-state index in [-0.39, 0.29) is 12.4 Å². The molecule has 8 nitrogen and oxygen atoms in total. The van der Waals surface area contributed by atoms with Gasteiger partial charge in [-0.1, -0.05) is 13.0 Å². The number of esters is 1. The Bertz CT molecular complexity index is 697. The highest BCUT2D eigenvalue weighted by Gasteiger charge is 2.07. The van der Waals surface area contributed by atoms with Crippen molar-refractivity contribution in [2.45, 2.75) is 26.5 Å². The van der Waals surface area contributed by atoms with E-state index in [4.69, 9.17) is 9.47 Å². The number of aryl methyl sites for hydroxylation is 1. The summed E-state index contributed by atoms with van der Waals surface area (Å²) in [6, 6.07) is 4.76. The lowest BCUT2D eigenvalue weighted by Crippen LogP contribution is -2.09. The number of methoxy groups -OCH3 is 1. The van der Waals surface area contributed by atoms with Gasteiger partial charge >= 0.3 is 5.97 Å². The Morgan fingerprint density at radius 2 is 2.26 bits per heavy atom. The quantitative estimate of drug-likeness (QED) is 0.610. The molecule has 2 rings (SSSR count). The van der Waals surface area contributed by atoms with Crippen LogP contribution in [0.25, 0.3) is 6.08 Å². The normalized spacial score (nSPS) is 10.9. The van der Waals surface area contributed by atoms with Gasteiger partial charge in [-0.3, -0.25) is 0 Å². The molecular formula is C15H18N4O4. The minimum atomic E-state index is -0.511. The second-order valence-corrected chi connectivity index (χ2v) is 4.69. The van der Waals surface area contributed by atoms with Crippen LogP contribution in [0.3, 0.4) is 0 Å². The van der Waals surface area contributed by atoms with Crippen molar-refractivity contribution in [1.29, 1.82) is 0 Å². The predicted octanol–water partition coefficient (Wildman–Crippen LogP) is 1.55. The molecular weight excluding hydrogens is 300 g/mol. The molecule has 0 aliphatic carbocycles. The topological polar surface area (TPSA) is 99.4 Å². The van der Waals surface area contributed by atoms with Crippen molar-refractivity contribution in [3.8, 4) is 11.5 Å². The summed E-state index contributed by atoms with van der Waals surface area (Å²) in [5.74, 6) is 0.359. The van der Waals surface area contributed by atoms with Crippen LogP contribution in [-0.4, -0.2) is 38.4 Å². The molecule has 1 aromatic heterocycles. The number of phenols is 1. The fourth-order valence-corrected chi connectivity index (χ4v) is 1.86. The molecule has 0 saturated heterocycles. The highest BCUT2D eigenvalue weighted by atomic mass is 16.5.